The molecule has 0 bridgehead atoms. The molecule has 0 saturated carbocycles. The predicted molar refractivity (Wildman–Crippen MR) is 65.2 cm³/mol. The minimum absolute atomic E-state index is 0.189. The number of aryl methyl sites for hydroxylation is 1. The average molecular weight is 316 g/mol. The SMILES string of the molecule is Cc1cc(F)ccc1Cn1ccc(I)n1. The van der Waals surface area contributed by atoms with Crippen molar-refractivity contribution in [2.75, 3.05) is 0 Å². The summed E-state index contributed by atoms with van der Waals surface area (Å²) in [6.45, 7) is 2.60. The van der Waals surface area contributed by atoms with Crippen molar-refractivity contribution in [3.63, 3.8) is 0 Å². The summed E-state index contributed by atoms with van der Waals surface area (Å²) in [7, 11) is 0. The Kier molecular flexibility index (Phi) is 3.04. The van der Waals surface area contributed by atoms with Crippen molar-refractivity contribution in [1.82, 2.24) is 9.78 Å². The van der Waals surface area contributed by atoms with Gasteiger partial charge in [0.25, 0.3) is 0 Å². The number of halogens is 2. The van der Waals surface area contributed by atoms with Crippen LogP contribution in [0.15, 0.2) is 30.5 Å². The summed E-state index contributed by atoms with van der Waals surface area (Å²) in [6.07, 6.45) is 1.92. The van der Waals surface area contributed by atoms with Crippen LogP contribution in [0.4, 0.5) is 4.39 Å². The summed E-state index contributed by atoms with van der Waals surface area (Å²) >= 11 is 2.17. The second-order valence-electron chi connectivity index (χ2n) is 3.41. The molecule has 0 amide bonds. The third-order valence-electron chi connectivity index (χ3n) is 2.25. The fourth-order valence-electron chi connectivity index (χ4n) is 1.44. The Morgan fingerprint density at radius 3 is 2.80 bits per heavy atom. The standard InChI is InChI=1S/C11H10FIN2/c1-8-6-10(12)3-2-9(8)7-15-5-4-11(13)14-15/h2-6H,7H2,1H3. The smallest absolute Gasteiger partial charge is 0.123 e. The van der Waals surface area contributed by atoms with Crippen LogP contribution in [0.5, 0.6) is 0 Å². The first-order valence-corrected chi connectivity index (χ1v) is 5.67. The van der Waals surface area contributed by atoms with Gasteiger partial charge in [-0.3, -0.25) is 4.68 Å². The molecule has 1 aromatic heterocycles. The van der Waals surface area contributed by atoms with Gasteiger partial charge in [-0.1, -0.05) is 6.07 Å². The molecule has 1 aromatic carbocycles. The summed E-state index contributed by atoms with van der Waals surface area (Å²) in [6, 6.07) is 6.78. The molecule has 0 N–H and O–H groups in total. The lowest BCUT2D eigenvalue weighted by Crippen LogP contribution is -2.02. The van der Waals surface area contributed by atoms with E-state index in [1.165, 1.54) is 6.07 Å². The van der Waals surface area contributed by atoms with E-state index in [1.54, 1.807) is 12.1 Å². The lowest BCUT2D eigenvalue weighted by atomic mass is 10.1. The molecular weight excluding hydrogens is 306 g/mol. The van der Waals surface area contributed by atoms with Crippen LogP contribution in [0.2, 0.25) is 0 Å². The van der Waals surface area contributed by atoms with Gasteiger partial charge in [-0.25, -0.2) is 4.39 Å². The molecule has 0 fully saturated rings. The molecule has 0 atom stereocenters. The van der Waals surface area contributed by atoms with Crippen LogP contribution in [0.25, 0.3) is 0 Å². The van der Waals surface area contributed by atoms with Crippen molar-refractivity contribution >= 4 is 22.6 Å². The number of aromatic nitrogens is 2. The number of hydrogen-bond donors (Lipinski definition) is 0. The molecule has 0 unspecified atom stereocenters. The second kappa shape index (κ2) is 4.30. The molecule has 15 heavy (non-hydrogen) atoms. The molecule has 2 aromatic rings. The Bertz CT molecular complexity index is 479. The van der Waals surface area contributed by atoms with Gasteiger partial charge in [-0.15, -0.1) is 0 Å². The van der Waals surface area contributed by atoms with Gasteiger partial charge in [0.2, 0.25) is 0 Å². The molecule has 2 rings (SSSR count). The summed E-state index contributed by atoms with van der Waals surface area (Å²) in [5, 5.41) is 4.28. The topological polar surface area (TPSA) is 17.8 Å². The van der Waals surface area contributed by atoms with Crippen LogP contribution in [-0.4, -0.2) is 9.78 Å². The number of rotatable bonds is 2. The van der Waals surface area contributed by atoms with Crippen molar-refractivity contribution in [2.45, 2.75) is 13.5 Å². The van der Waals surface area contributed by atoms with E-state index in [-0.39, 0.29) is 5.82 Å². The third kappa shape index (κ3) is 2.56. The van der Waals surface area contributed by atoms with Crippen LogP contribution in [0, 0.1) is 16.4 Å². The quantitative estimate of drug-likeness (QED) is 0.779. The van der Waals surface area contributed by atoms with E-state index in [4.69, 9.17) is 0 Å². The van der Waals surface area contributed by atoms with E-state index >= 15 is 0 Å². The first kappa shape index (κ1) is 10.6. The average Bonchev–Trinajstić information content (AvgIpc) is 2.56. The molecule has 0 aliphatic carbocycles. The zero-order chi connectivity index (χ0) is 10.8. The summed E-state index contributed by atoms with van der Waals surface area (Å²) in [5.41, 5.74) is 2.05. The molecule has 2 nitrogen and oxygen atoms in total. The first-order valence-electron chi connectivity index (χ1n) is 4.59. The Morgan fingerprint density at radius 1 is 1.40 bits per heavy atom. The molecule has 0 aliphatic heterocycles. The first-order chi connectivity index (χ1) is 7.15. The van der Waals surface area contributed by atoms with E-state index < -0.39 is 0 Å². The molecule has 78 valence electrons. The van der Waals surface area contributed by atoms with Gasteiger partial charge in [0.15, 0.2) is 0 Å². The van der Waals surface area contributed by atoms with Crippen LogP contribution < -0.4 is 0 Å². The zero-order valence-electron chi connectivity index (χ0n) is 8.24. The maximum atomic E-state index is 12.9. The molecule has 0 aliphatic rings. The molecule has 0 spiro atoms. The molecular formula is C11H10FIN2. The molecule has 0 radical (unpaired) electrons. The van der Waals surface area contributed by atoms with Crippen molar-refractivity contribution in [3.8, 4) is 0 Å². The molecule has 1 heterocycles. The highest BCUT2D eigenvalue weighted by Crippen LogP contribution is 2.12. The van der Waals surface area contributed by atoms with Gasteiger partial charge in [0, 0.05) is 6.20 Å². The van der Waals surface area contributed by atoms with E-state index in [1.807, 2.05) is 23.9 Å². The van der Waals surface area contributed by atoms with E-state index in [0.717, 1.165) is 14.8 Å². The van der Waals surface area contributed by atoms with Gasteiger partial charge in [-0.2, -0.15) is 5.10 Å². The Hall–Kier alpha value is -0.910. The highest BCUT2D eigenvalue weighted by Gasteiger charge is 2.02. The highest BCUT2D eigenvalue weighted by atomic mass is 127. The van der Waals surface area contributed by atoms with Gasteiger partial charge in [0.1, 0.15) is 9.52 Å². The molecule has 4 heteroatoms. The van der Waals surface area contributed by atoms with Crippen molar-refractivity contribution in [2.24, 2.45) is 0 Å². The number of nitrogens with zero attached hydrogens (tertiary/aromatic N) is 2. The van der Waals surface area contributed by atoms with Gasteiger partial charge in [-0.05, 0) is 58.8 Å². The van der Waals surface area contributed by atoms with Crippen molar-refractivity contribution in [1.29, 1.82) is 0 Å². The minimum Gasteiger partial charge on any atom is -0.267 e. The largest absolute Gasteiger partial charge is 0.267 e. The fraction of sp³-hybridized carbons (Fsp3) is 0.182. The number of benzene rings is 1. The summed E-state index contributed by atoms with van der Waals surface area (Å²) in [4.78, 5) is 0. The Labute approximate surface area is 101 Å². The summed E-state index contributed by atoms with van der Waals surface area (Å²) in [5.74, 6) is -0.189. The maximum absolute atomic E-state index is 12.9. The van der Waals surface area contributed by atoms with Crippen molar-refractivity contribution in [3.05, 3.63) is 51.1 Å². The molecule has 0 saturated heterocycles. The fourth-order valence-corrected chi connectivity index (χ4v) is 1.87. The predicted octanol–water partition coefficient (Wildman–Crippen LogP) is 2.98. The van der Waals surface area contributed by atoms with Crippen LogP contribution >= 0.6 is 22.6 Å². The lowest BCUT2D eigenvalue weighted by Gasteiger charge is -2.05. The van der Waals surface area contributed by atoms with Crippen LogP contribution in [0.3, 0.4) is 0 Å². The van der Waals surface area contributed by atoms with Gasteiger partial charge < -0.3 is 0 Å². The van der Waals surface area contributed by atoms with Gasteiger partial charge in [0.05, 0.1) is 6.54 Å². The number of hydrogen-bond acceptors (Lipinski definition) is 1. The van der Waals surface area contributed by atoms with Crippen LogP contribution in [-0.2, 0) is 6.54 Å². The minimum atomic E-state index is -0.189. The van der Waals surface area contributed by atoms with Crippen molar-refractivity contribution < 1.29 is 4.39 Å². The Balaban J connectivity index is 2.24. The lowest BCUT2D eigenvalue weighted by molar-refractivity contribution is 0.622. The second-order valence-corrected chi connectivity index (χ2v) is 4.51. The summed E-state index contributed by atoms with van der Waals surface area (Å²) < 4.78 is 15.7. The van der Waals surface area contributed by atoms with E-state index in [0.29, 0.717) is 6.54 Å². The Morgan fingerprint density at radius 2 is 2.20 bits per heavy atom. The third-order valence-corrected chi connectivity index (χ3v) is 2.82. The van der Waals surface area contributed by atoms with E-state index in [2.05, 4.69) is 27.7 Å². The van der Waals surface area contributed by atoms with Crippen LogP contribution in [0.1, 0.15) is 11.1 Å². The normalized spacial score (nSPS) is 10.6. The van der Waals surface area contributed by atoms with E-state index in [9.17, 15) is 4.39 Å². The maximum Gasteiger partial charge on any atom is 0.123 e. The monoisotopic (exact) mass is 316 g/mol. The van der Waals surface area contributed by atoms with Gasteiger partial charge >= 0.3 is 0 Å². The highest BCUT2D eigenvalue weighted by molar-refractivity contribution is 14.1. The zero-order valence-corrected chi connectivity index (χ0v) is 10.4.